The van der Waals surface area contributed by atoms with Gasteiger partial charge in [0, 0.05) is 19.0 Å². The number of nitrogens with one attached hydrogen (secondary N) is 1. The van der Waals surface area contributed by atoms with Crippen molar-refractivity contribution in [3.63, 3.8) is 0 Å². The van der Waals surface area contributed by atoms with Gasteiger partial charge in [-0.25, -0.2) is 0 Å². The van der Waals surface area contributed by atoms with Crippen molar-refractivity contribution in [2.45, 2.75) is 6.54 Å². The normalized spacial score (nSPS) is 11.1. The Morgan fingerprint density at radius 3 is 3.07 bits per heavy atom. The first-order chi connectivity index (χ1) is 7.22. The van der Waals surface area contributed by atoms with Gasteiger partial charge in [-0.1, -0.05) is 17.7 Å². The quantitative estimate of drug-likeness (QED) is 0.811. The first kappa shape index (κ1) is 10.4. The Hall–Kier alpha value is -1.10. The second-order valence-electron chi connectivity index (χ2n) is 3.29. The average Bonchev–Trinajstić information content (AvgIpc) is 2.52. The SMILES string of the molecule is CONCc1ccc2c(Cl)nn(C)c2c1. The van der Waals surface area contributed by atoms with Crippen LogP contribution in [0.3, 0.4) is 0 Å². The molecular weight excluding hydrogens is 214 g/mol. The molecule has 1 N–H and O–H groups in total. The minimum Gasteiger partial charge on any atom is -0.305 e. The molecule has 0 unspecified atom stereocenters. The first-order valence-corrected chi connectivity index (χ1v) is 4.97. The van der Waals surface area contributed by atoms with Gasteiger partial charge >= 0.3 is 0 Å². The van der Waals surface area contributed by atoms with Gasteiger partial charge in [0.05, 0.1) is 12.6 Å². The molecule has 1 aromatic heterocycles. The Labute approximate surface area is 92.7 Å². The molecule has 4 nitrogen and oxygen atoms in total. The van der Waals surface area contributed by atoms with Gasteiger partial charge in [0.2, 0.25) is 0 Å². The monoisotopic (exact) mass is 225 g/mol. The molecule has 0 radical (unpaired) electrons. The van der Waals surface area contributed by atoms with Crippen LogP contribution < -0.4 is 5.48 Å². The van der Waals surface area contributed by atoms with Crippen LogP contribution in [-0.4, -0.2) is 16.9 Å². The maximum atomic E-state index is 5.96. The Balaban J connectivity index is 2.41. The zero-order chi connectivity index (χ0) is 10.8. The van der Waals surface area contributed by atoms with Crippen LogP contribution in [0.2, 0.25) is 5.15 Å². The number of hydroxylamine groups is 1. The molecule has 2 aromatic rings. The third-order valence-electron chi connectivity index (χ3n) is 2.29. The highest BCUT2D eigenvalue weighted by Crippen LogP contribution is 2.22. The molecule has 0 fully saturated rings. The molecular formula is C10H12ClN3O. The lowest BCUT2D eigenvalue weighted by Crippen LogP contribution is -2.10. The van der Waals surface area contributed by atoms with E-state index in [1.165, 1.54) is 0 Å². The van der Waals surface area contributed by atoms with E-state index in [4.69, 9.17) is 16.4 Å². The summed E-state index contributed by atoms with van der Waals surface area (Å²) in [7, 11) is 3.47. The highest BCUT2D eigenvalue weighted by Gasteiger charge is 2.06. The van der Waals surface area contributed by atoms with Crippen LogP contribution in [0.25, 0.3) is 10.9 Å². The summed E-state index contributed by atoms with van der Waals surface area (Å²) in [5.41, 5.74) is 4.95. The summed E-state index contributed by atoms with van der Waals surface area (Å²) in [6.07, 6.45) is 0. The predicted octanol–water partition coefficient (Wildman–Crippen LogP) is 1.88. The number of halogens is 1. The van der Waals surface area contributed by atoms with E-state index in [2.05, 4.69) is 10.6 Å². The molecule has 0 aliphatic heterocycles. The summed E-state index contributed by atoms with van der Waals surface area (Å²) in [4.78, 5) is 4.79. The van der Waals surface area contributed by atoms with Gasteiger partial charge in [-0.3, -0.25) is 4.68 Å². The zero-order valence-electron chi connectivity index (χ0n) is 8.62. The topological polar surface area (TPSA) is 39.1 Å². The highest BCUT2D eigenvalue weighted by molar-refractivity contribution is 6.34. The van der Waals surface area contributed by atoms with E-state index in [-0.39, 0.29) is 0 Å². The molecule has 2 rings (SSSR count). The van der Waals surface area contributed by atoms with E-state index in [0.717, 1.165) is 16.5 Å². The second-order valence-corrected chi connectivity index (χ2v) is 3.65. The fourth-order valence-electron chi connectivity index (χ4n) is 1.52. The number of hydrogen-bond donors (Lipinski definition) is 1. The van der Waals surface area contributed by atoms with Gasteiger partial charge in [-0.05, 0) is 17.7 Å². The van der Waals surface area contributed by atoms with Crippen molar-refractivity contribution in [2.24, 2.45) is 7.05 Å². The van der Waals surface area contributed by atoms with Crippen molar-refractivity contribution in [3.8, 4) is 0 Å². The fraction of sp³-hybridized carbons (Fsp3) is 0.300. The summed E-state index contributed by atoms with van der Waals surface area (Å²) in [6.45, 7) is 0.662. The molecule has 0 spiro atoms. The van der Waals surface area contributed by atoms with Crippen molar-refractivity contribution >= 4 is 22.5 Å². The standard InChI is InChI=1S/C10H12ClN3O/c1-14-9-5-7(6-12-15-2)3-4-8(9)10(11)13-14/h3-5,12H,6H2,1-2H3. The van der Waals surface area contributed by atoms with E-state index < -0.39 is 0 Å². The van der Waals surface area contributed by atoms with Gasteiger partial charge in [-0.2, -0.15) is 10.6 Å². The number of benzene rings is 1. The molecule has 0 amide bonds. The first-order valence-electron chi connectivity index (χ1n) is 4.59. The maximum Gasteiger partial charge on any atom is 0.158 e. The van der Waals surface area contributed by atoms with Crippen LogP contribution in [0.1, 0.15) is 5.56 Å². The number of fused-ring (bicyclic) bond motifs is 1. The fourth-order valence-corrected chi connectivity index (χ4v) is 1.80. The van der Waals surface area contributed by atoms with E-state index in [0.29, 0.717) is 11.7 Å². The highest BCUT2D eigenvalue weighted by atomic mass is 35.5. The van der Waals surface area contributed by atoms with E-state index >= 15 is 0 Å². The Morgan fingerprint density at radius 1 is 1.53 bits per heavy atom. The molecule has 15 heavy (non-hydrogen) atoms. The van der Waals surface area contributed by atoms with Crippen LogP contribution in [0, 0.1) is 0 Å². The lowest BCUT2D eigenvalue weighted by Gasteiger charge is -2.02. The summed E-state index contributed by atoms with van der Waals surface area (Å²) < 4.78 is 1.77. The maximum absolute atomic E-state index is 5.96. The van der Waals surface area contributed by atoms with E-state index in [9.17, 15) is 0 Å². The molecule has 0 aliphatic rings. The van der Waals surface area contributed by atoms with Gasteiger partial charge in [0.1, 0.15) is 0 Å². The summed E-state index contributed by atoms with van der Waals surface area (Å²) in [5, 5.41) is 5.66. The van der Waals surface area contributed by atoms with Crippen LogP contribution >= 0.6 is 11.6 Å². The molecule has 5 heteroatoms. The van der Waals surface area contributed by atoms with Crippen LogP contribution in [0.4, 0.5) is 0 Å². The number of nitrogens with zero attached hydrogens (tertiary/aromatic N) is 2. The minimum atomic E-state index is 0.541. The van der Waals surface area contributed by atoms with Crippen molar-refractivity contribution < 1.29 is 4.84 Å². The molecule has 80 valence electrons. The predicted molar refractivity (Wildman–Crippen MR) is 59.6 cm³/mol. The number of aromatic nitrogens is 2. The van der Waals surface area contributed by atoms with Crippen molar-refractivity contribution in [2.75, 3.05) is 7.11 Å². The zero-order valence-corrected chi connectivity index (χ0v) is 9.38. The molecule has 1 heterocycles. The smallest absolute Gasteiger partial charge is 0.158 e. The Bertz CT molecular complexity index is 481. The molecule has 0 saturated carbocycles. The second kappa shape index (κ2) is 4.18. The van der Waals surface area contributed by atoms with Gasteiger partial charge in [0.25, 0.3) is 0 Å². The molecule has 1 aromatic carbocycles. The van der Waals surface area contributed by atoms with Crippen LogP contribution in [0.15, 0.2) is 18.2 Å². The van der Waals surface area contributed by atoms with Gasteiger partial charge in [0.15, 0.2) is 5.15 Å². The van der Waals surface area contributed by atoms with E-state index in [1.807, 2.05) is 25.2 Å². The third-order valence-corrected chi connectivity index (χ3v) is 2.57. The molecule has 0 saturated heterocycles. The van der Waals surface area contributed by atoms with Crippen molar-refractivity contribution in [1.29, 1.82) is 0 Å². The number of rotatable bonds is 3. The van der Waals surface area contributed by atoms with E-state index in [1.54, 1.807) is 11.8 Å². The average molecular weight is 226 g/mol. The third kappa shape index (κ3) is 1.97. The molecule has 0 bridgehead atoms. The largest absolute Gasteiger partial charge is 0.305 e. The Kier molecular flexibility index (Phi) is 2.90. The lowest BCUT2D eigenvalue weighted by atomic mass is 10.2. The molecule has 0 atom stereocenters. The summed E-state index contributed by atoms with van der Waals surface area (Å²) >= 11 is 5.96. The minimum absolute atomic E-state index is 0.541. The van der Waals surface area contributed by atoms with Gasteiger partial charge in [-0.15, -0.1) is 0 Å². The van der Waals surface area contributed by atoms with Crippen LogP contribution in [-0.2, 0) is 18.4 Å². The van der Waals surface area contributed by atoms with Crippen molar-refractivity contribution in [3.05, 3.63) is 28.9 Å². The van der Waals surface area contributed by atoms with Crippen LogP contribution in [0.5, 0.6) is 0 Å². The van der Waals surface area contributed by atoms with Gasteiger partial charge < -0.3 is 4.84 Å². The van der Waals surface area contributed by atoms with Crippen molar-refractivity contribution in [1.82, 2.24) is 15.3 Å². The lowest BCUT2D eigenvalue weighted by molar-refractivity contribution is 0.0867. The number of hydrogen-bond acceptors (Lipinski definition) is 3. The summed E-state index contributed by atoms with van der Waals surface area (Å²) in [6, 6.07) is 6.01. The summed E-state index contributed by atoms with van der Waals surface area (Å²) in [5.74, 6) is 0. The molecule has 0 aliphatic carbocycles. The Morgan fingerprint density at radius 2 is 2.33 bits per heavy atom. The number of aryl methyl sites for hydroxylation is 1.